The minimum atomic E-state index is -4.27. The van der Waals surface area contributed by atoms with E-state index in [2.05, 4.69) is 10.3 Å². The van der Waals surface area contributed by atoms with E-state index in [1.807, 2.05) is 0 Å². The lowest BCUT2D eigenvalue weighted by Crippen LogP contribution is -2.24. The zero-order valence-electron chi connectivity index (χ0n) is 7.90. The van der Waals surface area contributed by atoms with Gasteiger partial charge in [-0.3, -0.25) is 4.79 Å². The fraction of sp³-hybridized carbons (Fsp3) is 0.444. The number of amides is 1. The van der Waals surface area contributed by atoms with Crippen LogP contribution < -0.4 is 5.32 Å². The monoisotopic (exact) mass is 220 g/mol. The molecule has 0 fully saturated rings. The van der Waals surface area contributed by atoms with Gasteiger partial charge in [-0.05, 0) is 11.6 Å². The standard InChI is InChI=1S/C9H11F3N2O/c10-9(11,12)3-1-8(15)14-6-7-2-4-13-5-7/h2,4-5,13H,1,3,6H2,(H,14,15). The van der Waals surface area contributed by atoms with E-state index in [9.17, 15) is 18.0 Å². The van der Waals surface area contributed by atoms with Crippen molar-refractivity contribution >= 4 is 5.91 Å². The van der Waals surface area contributed by atoms with Crippen LogP contribution in [0.1, 0.15) is 18.4 Å². The molecule has 0 aliphatic rings. The van der Waals surface area contributed by atoms with Gasteiger partial charge in [-0.2, -0.15) is 13.2 Å². The third-order valence-corrected chi connectivity index (χ3v) is 1.79. The number of H-pyrrole nitrogens is 1. The number of aromatic nitrogens is 1. The Kier molecular flexibility index (Phi) is 3.76. The van der Waals surface area contributed by atoms with Crippen LogP contribution in [-0.2, 0) is 11.3 Å². The summed E-state index contributed by atoms with van der Waals surface area (Å²) in [6, 6.07) is 1.74. The van der Waals surface area contributed by atoms with Gasteiger partial charge in [0.2, 0.25) is 5.91 Å². The molecular formula is C9H11F3N2O. The maximum atomic E-state index is 11.7. The molecule has 15 heavy (non-hydrogen) atoms. The van der Waals surface area contributed by atoms with Crippen LogP contribution >= 0.6 is 0 Å². The fourth-order valence-corrected chi connectivity index (χ4v) is 1.01. The highest BCUT2D eigenvalue weighted by atomic mass is 19.4. The van der Waals surface area contributed by atoms with E-state index in [1.54, 1.807) is 18.5 Å². The van der Waals surface area contributed by atoms with Gasteiger partial charge in [-0.25, -0.2) is 0 Å². The molecule has 0 aromatic carbocycles. The van der Waals surface area contributed by atoms with Crippen LogP contribution in [0.2, 0.25) is 0 Å². The molecule has 3 nitrogen and oxygen atoms in total. The van der Waals surface area contributed by atoms with Crippen LogP contribution in [0.5, 0.6) is 0 Å². The maximum absolute atomic E-state index is 11.7. The van der Waals surface area contributed by atoms with E-state index in [0.717, 1.165) is 5.56 Å². The van der Waals surface area contributed by atoms with Gasteiger partial charge in [0.05, 0.1) is 6.42 Å². The average molecular weight is 220 g/mol. The second-order valence-electron chi connectivity index (χ2n) is 3.11. The van der Waals surface area contributed by atoms with Crippen LogP contribution in [-0.4, -0.2) is 17.1 Å². The summed E-state index contributed by atoms with van der Waals surface area (Å²) in [7, 11) is 0. The number of rotatable bonds is 4. The summed E-state index contributed by atoms with van der Waals surface area (Å²) in [5.74, 6) is -0.589. The first kappa shape index (κ1) is 11.6. The van der Waals surface area contributed by atoms with Gasteiger partial charge in [-0.1, -0.05) is 0 Å². The molecule has 1 aromatic heterocycles. The fourth-order valence-electron chi connectivity index (χ4n) is 1.01. The van der Waals surface area contributed by atoms with E-state index >= 15 is 0 Å². The van der Waals surface area contributed by atoms with Crippen LogP contribution in [0.4, 0.5) is 13.2 Å². The van der Waals surface area contributed by atoms with Crippen molar-refractivity contribution in [3.05, 3.63) is 24.0 Å². The molecule has 2 N–H and O–H groups in total. The number of carbonyl (C=O) groups is 1. The van der Waals surface area contributed by atoms with Crippen LogP contribution in [0.3, 0.4) is 0 Å². The summed E-state index contributed by atoms with van der Waals surface area (Å²) in [6.45, 7) is 0.250. The highest BCUT2D eigenvalue weighted by Gasteiger charge is 2.27. The van der Waals surface area contributed by atoms with Crippen molar-refractivity contribution in [1.82, 2.24) is 10.3 Å². The summed E-state index contributed by atoms with van der Waals surface area (Å²) in [6.07, 6.45) is -2.52. The summed E-state index contributed by atoms with van der Waals surface area (Å²) < 4.78 is 35.2. The normalized spacial score (nSPS) is 11.4. The smallest absolute Gasteiger partial charge is 0.367 e. The summed E-state index contributed by atoms with van der Waals surface area (Å²) >= 11 is 0. The molecule has 1 rings (SSSR count). The minimum absolute atomic E-state index is 0.250. The second kappa shape index (κ2) is 4.86. The van der Waals surface area contributed by atoms with Crippen molar-refractivity contribution < 1.29 is 18.0 Å². The zero-order valence-corrected chi connectivity index (χ0v) is 7.90. The molecule has 1 aromatic rings. The number of aromatic amines is 1. The van der Waals surface area contributed by atoms with E-state index in [0.29, 0.717) is 0 Å². The van der Waals surface area contributed by atoms with Gasteiger partial charge in [-0.15, -0.1) is 0 Å². The predicted octanol–water partition coefficient (Wildman–Crippen LogP) is 1.97. The van der Waals surface area contributed by atoms with E-state index in [4.69, 9.17) is 0 Å². The molecule has 0 atom stereocenters. The molecule has 0 spiro atoms. The topological polar surface area (TPSA) is 44.9 Å². The molecule has 1 heterocycles. The molecule has 0 radical (unpaired) electrons. The molecular weight excluding hydrogens is 209 g/mol. The molecule has 0 aliphatic heterocycles. The second-order valence-corrected chi connectivity index (χ2v) is 3.11. The quantitative estimate of drug-likeness (QED) is 0.800. The number of hydrogen-bond donors (Lipinski definition) is 2. The Morgan fingerprint density at radius 2 is 2.20 bits per heavy atom. The Morgan fingerprint density at radius 1 is 1.47 bits per heavy atom. The Hall–Kier alpha value is -1.46. The third-order valence-electron chi connectivity index (χ3n) is 1.79. The van der Waals surface area contributed by atoms with Gasteiger partial charge in [0.15, 0.2) is 0 Å². The molecule has 0 bridgehead atoms. The maximum Gasteiger partial charge on any atom is 0.389 e. The van der Waals surface area contributed by atoms with E-state index in [-0.39, 0.29) is 6.54 Å². The van der Waals surface area contributed by atoms with Crippen LogP contribution in [0.25, 0.3) is 0 Å². The first-order chi connectivity index (χ1) is 6.97. The summed E-state index contributed by atoms with van der Waals surface area (Å²) in [4.78, 5) is 13.7. The van der Waals surface area contributed by atoms with Crippen molar-refractivity contribution in [3.63, 3.8) is 0 Å². The van der Waals surface area contributed by atoms with Crippen LogP contribution in [0.15, 0.2) is 18.5 Å². The number of hydrogen-bond acceptors (Lipinski definition) is 1. The lowest BCUT2D eigenvalue weighted by molar-refractivity contribution is -0.144. The number of alkyl halides is 3. The van der Waals surface area contributed by atoms with Gasteiger partial charge in [0.1, 0.15) is 0 Å². The predicted molar refractivity (Wildman–Crippen MR) is 47.9 cm³/mol. The number of halogens is 3. The Morgan fingerprint density at radius 3 is 2.73 bits per heavy atom. The van der Waals surface area contributed by atoms with E-state index < -0.39 is 24.9 Å². The van der Waals surface area contributed by atoms with Crippen LogP contribution in [0, 0.1) is 0 Å². The van der Waals surface area contributed by atoms with Gasteiger partial charge < -0.3 is 10.3 Å². The molecule has 0 saturated heterocycles. The first-order valence-corrected chi connectivity index (χ1v) is 4.42. The Balaban J connectivity index is 2.20. The largest absolute Gasteiger partial charge is 0.389 e. The van der Waals surface area contributed by atoms with Crippen molar-refractivity contribution in [3.8, 4) is 0 Å². The molecule has 1 amide bonds. The molecule has 84 valence electrons. The number of carbonyl (C=O) groups excluding carboxylic acids is 1. The summed E-state index contributed by atoms with van der Waals surface area (Å²) in [5, 5.41) is 2.40. The van der Waals surface area contributed by atoms with Crippen molar-refractivity contribution in [1.29, 1.82) is 0 Å². The zero-order chi connectivity index (χ0) is 11.3. The lowest BCUT2D eigenvalue weighted by atomic mass is 10.2. The highest BCUT2D eigenvalue weighted by molar-refractivity contribution is 5.75. The summed E-state index contributed by atoms with van der Waals surface area (Å²) in [5.41, 5.74) is 0.829. The van der Waals surface area contributed by atoms with Crippen molar-refractivity contribution in [2.75, 3.05) is 0 Å². The molecule has 0 unspecified atom stereocenters. The van der Waals surface area contributed by atoms with E-state index in [1.165, 1.54) is 0 Å². The first-order valence-electron chi connectivity index (χ1n) is 4.42. The van der Waals surface area contributed by atoms with Gasteiger partial charge in [0.25, 0.3) is 0 Å². The van der Waals surface area contributed by atoms with Crippen molar-refractivity contribution in [2.45, 2.75) is 25.6 Å². The van der Waals surface area contributed by atoms with Crippen molar-refractivity contribution in [2.24, 2.45) is 0 Å². The third kappa shape index (κ3) is 5.09. The highest BCUT2D eigenvalue weighted by Crippen LogP contribution is 2.20. The number of nitrogens with one attached hydrogen (secondary N) is 2. The van der Waals surface area contributed by atoms with Gasteiger partial charge in [0, 0.05) is 25.4 Å². The molecule has 6 heteroatoms. The van der Waals surface area contributed by atoms with Gasteiger partial charge >= 0.3 is 6.18 Å². The minimum Gasteiger partial charge on any atom is -0.367 e. The molecule has 0 saturated carbocycles. The average Bonchev–Trinajstić information content (AvgIpc) is 2.62. The Labute approximate surface area is 84.7 Å². The Bertz CT molecular complexity index is 306. The molecule has 0 aliphatic carbocycles. The lowest BCUT2D eigenvalue weighted by Gasteiger charge is -2.06. The SMILES string of the molecule is O=C(CCC(F)(F)F)NCc1cc[nH]c1.